The lowest BCUT2D eigenvalue weighted by molar-refractivity contribution is -0.121. The zero-order valence-electron chi connectivity index (χ0n) is 14.1. The van der Waals surface area contributed by atoms with E-state index in [1.807, 2.05) is 0 Å². The van der Waals surface area contributed by atoms with E-state index in [1.165, 1.54) is 13.2 Å². The minimum absolute atomic E-state index is 0.180. The van der Waals surface area contributed by atoms with Crippen LogP contribution in [0, 0.1) is 0 Å². The molecule has 10 nitrogen and oxygen atoms in total. The fourth-order valence-electron chi connectivity index (χ4n) is 2.30. The van der Waals surface area contributed by atoms with Gasteiger partial charge in [-0.2, -0.15) is 4.98 Å². The van der Waals surface area contributed by atoms with Gasteiger partial charge in [0, 0.05) is 36.8 Å². The molecule has 1 amide bonds. The van der Waals surface area contributed by atoms with Gasteiger partial charge in [0.25, 0.3) is 5.56 Å². The van der Waals surface area contributed by atoms with Gasteiger partial charge in [0.1, 0.15) is 6.04 Å². The van der Waals surface area contributed by atoms with Crippen LogP contribution in [-0.2, 0) is 18.3 Å². The van der Waals surface area contributed by atoms with Crippen LogP contribution in [0.5, 0.6) is 0 Å². The second-order valence-corrected chi connectivity index (χ2v) is 5.64. The number of nitrogens with zero attached hydrogens (tertiary/aromatic N) is 4. The smallest absolute Gasteiger partial charge is 0.328 e. The van der Waals surface area contributed by atoms with Gasteiger partial charge in [-0.3, -0.25) is 19.1 Å². The van der Waals surface area contributed by atoms with Crippen molar-refractivity contribution in [1.82, 2.24) is 30.0 Å². The van der Waals surface area contributed by atoms with Crippen LogP contribution >= 0.6 is 0 Å². The Hall–Kier alpha value is -3.56. The van der Waals surface area contributed by atoms with Crippen LogP contribution in [0.15, 0.2) is 44.8 Å². The molecule has 3 aromatic heterocycles. The topological polar surface area (TPSA) is 136 Å². The molecular formula is C16H16N6O4. The lowest BCUT2D eigenvalue weighted by Gasteiger charge is -2.09. The first-order chi connectivity index (χ1) is 12.5. The largest absolute Gasteiger partial charge is 0.344 e. The Balaban J connectivity index is 1.69. The summed E-state index contributed by atoms with van der Waals surface area (Å²) in [5, 5.41) is 6.56. The molecule has 0 spiro atoms. The van der Waals surface area contributed by atoms with E-state index >= 15 is 0 Å². The highest BCUT2D eigenvalue weighted by Crippen LogP contribution is 2.17. The summed E-state index contributed by atoms with van der Waals surface area (Å²) >= 11 is 0. The van der Waals surface area contributed by atoms with Gasteiger partial charge in [-0.15, -0.1) is 0 Å². The van der Waals surface area contributed by atoms with Gasteiger partial charge < -0.3 is 14.8 Å². The highest BCUT2D eigenvalue weighted by molar-refractivity contribution is 5.78. The predicted octanol–water partition coefficient (Wildman–Crippen LogP) is -0.0615. The van der Waals surface area contributed by atoms with Crippen molar-refractivity contribution in [1.29, 1.82) is 0 Å². The standard InChI is InChI=1S/C16H16N6O4/c1-9(14-20-13(21-26-14)10-3-5-17-6-4-10)19-12(23)7-11-8-18-16(25)22(2)15(11)24/h3-6,8-9H,7H2,1-2H3,(H,18,25)(H,19,23)/t9-/m1/s1. The summed E-state index contributed by atoms with van der Waals surface area (Å²) in [6, 6.07) is 2.94. The molecule has 0 unspecified atom stereocenters. The van der Waals surface area contributed by atoms with Crippen LogP contribution in [0.25, 0.3) is 11.4 Å². The summed E-state index contributed by atoms with van der Waals surface area (Å²) in [6.07, 6.45) is 4.28. The molecule has 3 aromatic rings. The van der Waals surface area contributed by atoms with Gasteiger partial charge >= 0.3 is 5.69 Å². The minimum Gasteiger partial charge on any atom is -0.344 e. The highest BCUT2D eigenvalue weighted by Gasteiger charge is 2.18. The average Bonchev–Trinajstić information content (AvgIpc) is 3.13. The summed E-state index contributed by atoms with van der Waals surface area (Å²) in [7, 11) is 1.34. The number of aromatic nitrogens is 5. The van der Waals surface area contributed by atoms with Crippen LogP contribution in [-0.4, -0.2) is 30.6 Å². The number of hydrogen-bond acceptors (Lipinski definition) is 7. The SMILES string of the molecule is C[C@@H](NC(=O)Cc1c[nH]c(=O)n(C)c1=O)c1nc(-c2ccncc2)no1. The van der Waals surface area contributed by atoms with Gasteiger partial charge in [-0.05, 0) is 19.1 Å². The van der Waals surface area contributed by atoms with E-state index in [4.69, 9.17) is 4.52 Å². The van der Waals surface area contributed by atoms with Crippen molar-refractivity contribution in [2.75, 3.05) is 0 Å². The molecule has 0 bridgehead atoms. The first kappa shape index (κ1) is 17.3. The van der Waals surface area contributed by atoms with Gasteiger partial charge in [0.05, 0.1) is 6.42 Å². The molecule has 0 aliphatic rings. The second-order valence-electron chi connectivity index (χ2n) is 5.64. The molecule has 2 N–H and O–H groups in total. The Kier molecular flexibility index (Phi) is 4.74. The molecule has 0 aromatic carbocycles. The van der Waals surface area contributed by atoms with E-state index in [9.17, 15) is 14.4 Å². The van der Waals surface area contributed by atoms with Crippen LogP contribution in [0.3, 0.4) is 0 Å². The van der Waals surface area contributed by atoms with E-state index in [-0.39, 0.29) is 17.9 Å². The maximum Gasteiger partial charge on any atom is 0.328 e. The maximum absolute atomic E-state index is 12.2. The van der Waals surface area contributed by atoms with Gasteiger partial charge in [0.15, 0.2) is 0 Å². The van der Waals surface area contributed by atoms with Gasteiger partial charge in [-0.1, -0.05) is 5.16 Å². The molecule has 1 atom stereocenters. The van der Waals surface area contributed by atoms with E-state index in [0.717, 1.165) is 10.1 Å². The maximum atomic E-state index is 12.2. The number of aromatic amines is 1. The number of H-pyrrole nitrogens is 1. The molecule has 0 radical (unpaired) electrons. The molecule has 0 saturated carbocycles. The number of amides is 1. The fraction of sp³-hybridized carbons (Fsp3) is 0.250. The van der Waals surface area contributed by atoms with Crippen molar-refractivity contribution >= 4 is 5.91 Å². The number of carbonyl (C=O) groups is 1. The Bertz CT molecular complexity index is 1040. The second kappa shape index (κ2) is 7.13. The molecule has 0 aliphatic heterocycles. The fourth-order valence-corrected chi connectivity index (χ4v) is 2.30. The average molecular weight is 356 g/mol. The quantitative estimate of drug-likeness (QED) is 0.653. The molecule has 0 fully saturated rings. The van der Waals surface area contributed by atoms with Crippen LogP contribution in [0.4, 0.5) is 0 Å². The van der Waals surface area contributed by atoms with Crippen molar-refractivity contribution in [2.24, 2.45) is 7.05 Å². The first-order valence-electron chi connectivity index (χ1n) is 7.76. The Morgan fingerprint density at radius 1 is 1.35 bits per heavy atom. The van der Waals surface area contributed by atoms with Crippen molar-refractivity contribution < 1.29 is 9.32 Å². The van der Waals surface area contributed by atoms with Crippen molar-refractivity contribution in [2.45, 2.75) is 19.4 Å². The lowest BCUT2D eigenvalue weighted by Crippen LogP contribution is -2.37. The third-order valence-corrected chi connectivity index (χ3v) is 3.73. The molecule has 3 rings (SSSR count). The highest BCUT2D eigenvalue weighted by atomic mass is 16.5. The van der Waals surface area contributed by atoms with Crippen LogP contribution in [0.1, 0.15) is 24.4 Å². The molecule has 3 heterocycles. The molecule has 134 valence electrons. The van der Waals surface area contributed by atoms with E-state index in [1.54, 1.807) is 31.5 Å². The summed E-state index contributed by atoms with van der Waals surface area (Å²) in [5.74, 6) is 0.211. The summed E-state index contributed by atoms with van der Waals surface area (Å²) in [5.41, 5.74) is -0.138. The Labute approximate surface area is 146 Å². The van der Waals surface area contributed by atoms with E-state index in [0.29, 0.717) is 5.82 Å². The normalized spacial score (nSPS) is 11.9. The number of hydrogen-bond donors (Lipinski definition) is 2. The zero-order chi connectivity index (χ0) is 18.7. The molecule has 26 heavy (non-hydrogen) atoms. The minimum atomic E-state index is -0.544. The van der Waals surface area contributed by atoms with Crippen molar-refractivity contribution in [3.8, 4) is 11.4 Å². The van der Waals surface area contributed by atoms with Crippen molar-refractivity contribution in [3.63, 3.8) is 0 Å². The summed E-state index contributed by atoms with van der Waals surface area (Å²) < 4.78 is 6.09. The molecule has 0 aliphatic carbocycles. The monoisotopic (exact) mass is 356 g/mol. The Morgan fingerprint density at radius 3 is 2.81 bits per heavy atom. The predicted molar refractivity (Wildman–Crippen MR) is 90.1 cm³/mol. The summed E-state index contributed by atoms with van der Waals surface area (Å²) in [4.78, 5) is 46.0. The van der Waals surface area contributed by atoms with Crippen LogP contribution < -0.4 is 16.6 Å². The Morgan fingerprint density at radius 2 is 2.08 bits per heavy atom. The summed E-state index contributed by atoms with van der Waals surface area (Å²) in [6.45, 7) is 1.69. The lowest BCUT2D eigenvalue weighted by atomic mass is 10.2. The number of nitrogens with one attached hydrogen (secondary N) is 2. The first-order valence-corrected chi connectivity index (χ1v) is 7.76. The van der Waals surface area contributed by atoms with Crippen molar-refractivity contribution in [3.05, 3.63) is 63.0 Å². The van der Waals surface area contributed by atoms with E-state index < -0.39 is 23.2 Å². The van der Waals surface area contributed by atoms with Gasteiger partial charge in [0.2, 0.25) is 17.6 Å². The zero-order valence-corrected chi connectivity index (χ0v) is 14.1. The van der Waals surface area contributed by atoms with Gasteiger partial charge in [-0.25, -0.2) is 4.79 Å². The van der Waals surface area contributed by atoms with E-state index in [2.05, 4.69) is 25.4 Å². The molecular weight excluding hydrogens is 340 g/mol. The molecule has 0 saturated heterocycles. The number of pyridine rings is 1. The number of carbonyl (C=O) groups excluding carboxylic acids is 1. The third kappa shape index (κ3) is 3.58. The number of rotatable bonds is 5. The molecule has 10 heteroatoms. The third-order valence-electron chi connectivity index (χ3n) is 3.73. The van der Waals surface area contributed by atoms with Crippen LogP contribution in [0.2, 0.25) is 0 Å².